The molecule has 1 aliphatic rings. The van der Waals surface area contributed by atoms with Gasteiger partial charge in [-0.15, -0.1) is 0 Å². The number of amides is 2. The molecule has 5 nitrogen and oxygen atoms in total. The molecule has 1 aliphatic heterocycles. The second kappa shape index (κ2) is 6.84. The fourth-order valence-electron chi connectivity index (χ4n) is 2.88. The van der Waals surface area contributed by atoms with Gasteiger partial charge in [-0.25, -0.2) is 8.78 Å². The maximum Gasteiger partial charge on any atom is 0.228 e. The third kappa shape index (κ3) is 4.08. The number of likely N-dealkylation sites (N-methyl/N-ethyl adjacent to an activating group) is 1. The van der Waals surface area contributed by atoms with Gasteiger partial charge < -0.3 is 14.9 Å². The lowest BCUT2D eigenvalue weighted by molar-refractivity contribution is -0.138. The Morgan fingerprint density at radius 2 is 2.08 bits per heavy atom. The molecule has 1 atom stereocenters. The zero-order valence-corrected chi connectivity index (χ0v) is 14.1. The van der Waals surface area contributed by atoms with E-state index in [1.165, 1.54) is 15.9 Å². The predicted octanol–water partition coefficient (Wildman–Crippen LogP) is 1.94. The summed E-state index contributed by atoms with van der Waals surface area (Å²) in [7, 11) is 0. The molecule has 1 aromatic rings. The first-order chi connectivity index (χ1) is 11.1. The number of anilines is 1. The summed E-state index contributed by atoms with van der Waals surface area (Å²) in [6.45, 7) is 5.59. The Bertz CT molecular complexity index is 643. The van der Waals surface area contributed by atoms with Gasteiger partial charge in [-0.2, -0.15) is 0 Å². The molecule has 132 valence electrons. The molecular formula is C17H22F2N2O3. The molecule has 24 heavy (non-hydrogen) atoms. The first-order valence-electron chi connectivity index (χ1n) is 7.89. The summed E-state index contributed by atoms with van der Waals surface area (Å²) < 4.78 is 26.9. The van der Waals surface area contributed by atoms with E-state index in [0.29, 0.717) is 12.6 Å². The van der Waals surface area contributed by atoms with Gasteiger partial charge in [0.05, 0.1) is 17.2 Å². The molecule has 0 aromatic heterocycles. The Morgan fingerprint density at radius 1 is 1.42 bits per heavy atom. The molecule has 1 fully saturated rings. The average Bonchev–Trinajstić information content (AvgIpc) is 2.85. The van der Waals surface area contributed by atoms with Crippen LogP contribution in [0.15, 0.2) is 18.2 Å². The summed E-state index contributed by atoms with van der Waals surface area (Å²) in [6.07, 6.45) is -0.0298. The fraction of sp³-hybridized carbons (Fsp3) is 0.529. The van der Waals surface area contributed by atoms with Crippen molar-refractivity contribution in [3.8, 4) is 0 Å². The molecule has 1 unspecified atom stereocenters. The van der Waals surface area contributed by atoms with Crippen molar-refractivity contribution >= 4 is 17.5 Å². The third-order valence-corrected chi connectivity index (χ3v) is 3.95. The van der Waals surface area contributed by atoms with Crippen LogP contribution in [-0.2, 0) is 9.59 Å². The summed E-state index contributed by atoms with van der Waals surface area (Å²) in [5.41, 5.74) is -1.07. The molecule has 0 aliphatic carbocycles. The lowest BCUT2D eigenvalue weighted by Gasteiger charge is -2.30. The van der Waals surface area contributed by atoms with Gasteiger partial charge in [-0.1, -0.05) is 0 Å². The van der Waals surface area contributed by atoms with Crippen LogP contribution in [0.3, 0.4) is 0 Å². The first kappa shape index (κ1) is 18.3. The Hall–Kier alpha value is -2.02. The molecule has 0 spiro atoms. The van der Waals surface area contributed by atoms with E-state index in [1.54, 1.807) is 20.8 Å². The van der Waals surface area contributed by atoms with Crippen molar-refractivity contribution in [2.45, 2.75) is 32.8 Å². The van der Waals surface area contributed by atoms with E-state index >= 15 is 0 Å². The minimum Gasteiger partial charge on any atom is -0.389 e. The van der Waals surface area contributed by atoms with Crippen LogP contribution in [0.2, 0.25) is 0 Å². The van der Waals surface area contributed by atoms with Crippen molar-refractivity contribution < 1.29 is 23.5 Å². The molecule has 2 rings (SSSR count). The first-order valence-corrected chi connectivity index (χ1v) is 7.89. The lowest BCUT2D eigenvalue weighted by Crippen LogP contribution is -2.45. The second-order valence-corrected chi connectivity index (χ2v) is 6.67. The second-order valence-electron chi connectivity index (χ2n) is 6.67. The quantitative estimate of drug-likeness (QED) is 0.891. The maximum absolute atomic E-state index is 13.9. The Balaban J connectivity index is 2.15. The smallest absolute Gasteiger partial charge is 0.228 e. The van der Waals surface area contributed by atoms with E-state index in [1.807, 2.05) is 0 Å². The largest absolute Gasteiger partial charge is 0.389 e. The monoisotopic (exact) mass is 340 g/mol. The van der Waals surface area contributed by atoms with Crippen LogP contribution < -0.4 is 4.90 Å². The van der Waals surface area contributed by atoms with Crippen LogP contribution in [-0.4, -0.2) is 47.1 Å². The van der Waals surface area contributed by atoms with Crippen molar-refractivity contribution in [2.75, 3.05) is 24.5 Å². The summed E-state index contributed by atoms with van der Waals surface area (Å²) in [4.78, 5) is 27.4. The van der Waals surface area contributed by atoms with Crippen LogP contribution in [0, 0.1) is 17.6 Å². The minimum atomic E-state index is -1.04. The van der Waals surface area contributed by atoms with Crippen LogP contribution in [0.5, 0.6) is 0 Å². The van der Waals surface area contributed by atoms with E-state index in [-0.39, 0.29) is 37.0 Å². The van der Waals surface area contributed by atoms with Crippen molar-refractivity contribution in [1.29, 1.82) is 0 Å². The van der Waals surface area contributed by atoms with Crippen LogP contribution in [0.4, 0.5) is 14.5 Å². The molecule has 7 heteroatoms. The highest BCUT2D eigenvalue weighted by atomic mass is 19.1. The summed E-state index contributed by atoms with van der Waals surface area (Å²) in [6, 6.07) is 2.99. The minimum absolute atomic E-state index is 0.0257. The van der Waals surface area contributed by atoms with Gasteiger partial charge in [-0.3, -0.25) is 9.59 Å². The Kier molecular flexibility index (Phi) is 5.22. The molecule has 0 saturated carbocycles. The molecular weight excluding hydrogens is 318 g/mol. The number of benzene rings is 1. The SMILES string of the molecule is CCN(CC(C)(C)O)C(=O)C1CC(=O)N(c2ccc(F)cc2F)C1. The van der Waals surface area contributed by atoms with Crippen LogP contribution in [0.1, 0.15) is 27.2 Å². The number of nitrogens with zero attached hydrogens (tertiary/aromatic N) is 2. The van der Waals surface area contributed by atoms with E-state index in [0.717, 1.165) is 6.07 Å². The number of halogens is 2. The number of hydrogen-bond donors (Lipinski definition) is 1. The topological polar surface area (TPSA) is 60.9 Å². The Labute approximate surface area is 139 Å². The van der Waals surface area contributed by atoms with E-state index < -0.39 is 23.2 Å². The zero-order chi connectivity index (χ0) is 18.1. The summed E-state index contributed by atoms with van der Waals surface area (Å²) >= 11 is 0. The summed E-state index contributed by atoms with van der Waals surface area (Å²) in [5.74, 6) is -2.79. The molecule has 0 radical (unpaired) electrons. The van der Waals surface area contributed by atoms with Gasteiger partial charge in [0.15, 0.2) is 0 Å². The van der Waals surface area contributed by atoms with Crippen molar-refractivity contribution in [3.05, 3.63) is 29.8 Å². The average molecular weight is 340 g/mol. The maximum atomic E-state index is 13.9. The Morgan fingerprint density at radius 3 is 2.62 bits per heavy atom. The molecule has 1 aromatic carbocycles. The number of hydrogen-bond acceptors (Lipinski definition) is 3. The lowest BCUT2D eigenvalue weighted by atomic mass is 10.0. The molecule has 1 N–H and O–H groups in total. The number of carbonyl (C=O) groups is 2. The zero-order valence-electron chi connectivity index (χ0n) is 14.1. The van der Waals surface area contributed by atoms with Crippen molar-refractivity contribution in [1.82, 2.24) is 4.90 Å². The highest BCUT2D eigenvalue weighted by Crippen LogP contribution is 2.29. The van der Waals surface area contributed by atoms with Crippen LogP contribution in [0.25, 0.3) is 0 Å². The van der Waals surface area contributed by atoms with Crippen molar-refractivity contribution in [3.63, 3.8) is 0 Å². The highest BCUT2D eigenvalue weighted by molar-refractivity contribution is 6.00. The number of carbonyl (C=O) groups excluding carboxylic acids is 2. The van der Waals surface area contributed by atoms with E-state index in [9.17, 15) is 23.5 Å². The normalized spacial score (nSPS) is 18.2. The van der Waals surface area contributed by atoms with Crippen molar-refractivity contribution in [2.24, 2.45) is 5.92 Å². The van der Waals surface area contributed by atoms with Gasteiger partial charge in [0.2, 0.25) is 11.8 Å². The molecule has 1 saturated heterocycles. The number of aliphatic hydroxyl groups is 1. The predicted molar refractivity (Wildman–Crippen MR) is 85.4 cm³/mol. The molecule has 2 amide bonds. The van der Waals surface area contributed by atoms with Gasteiger partial charge in [-0.05, 0) is 32.9 Å². The van der Waals surface area contributed by atoms with Gasteiger partial charge in [0.25, 0.3) is 0 Å². The van der Waals surface area contributed by atoms with Gasteiger partial charge in [0, 0.05) is 32.1 Å². The standard InChI is InChI=1S/C17H22F2N2O3/c1-4-20(10-17(2,3)24)16(23)11-7-15(22)21(9-11)14-6-5-12(18)8-13(14)19/h5-6,8,11,24H,4,7,9-10H2,1-3H3. The summed E-state index contributed by atoms with van der Waals surface area (Å²) in [5, 5.41) is 9.90. The highest BCUT2D eigenvalue weighted by Gasteiger charge is 2.38. The number of rotatable bonds is 5. The van der Waals surface area contributed by atoms with Crippen LogP contribution >= 0.6 is 0 Å². The fourth-order valence-corrected chi connectivity index (χ4v) is 2.88. The van der Waals surface area contributed by atoms with E-state index in [4.69, 9.17) is 0 Å². The van der Waals surface area contributed by atoms with Gasteiger partial charge >= 0.3 is 0 Å². The molecule has 1 heterocycles. The van der Waals surface area contributed by atoms with Gasteiger partial charge in [0.1, 0.15) is 11.6 Å². The third-order valence-electron chi connectivity index (χ3n) is 3.95. The van der Waals surface area contributed by atoms with E-state index in [2.05, 4.69) is 0 Å². The molecule has 0 bridgehead atoms.